The Balaban J connectivity index is 1.13. The number of hydrogen-bond donors (Lipinski definition) is 0. The molecule has 0 radical (unpaired) electrons. The molecule has 6 heteroatoms. The van der Waals surface area contributed by atoms with Crippen LogP contribution in [0.3, 0.4) is 0 Å². The standard InChI is InChI=1S/C48H28N4OS/c1-3-12-29(13-4-1)30-22-24-31(25-23-30)43-46-44(35-16-7-9-19-39(35)53-46)50-47(49-43)32-26-27-34-38(28-32)51(33-14-5-2-6-15-33)48-42(34)36-17-11-21-41-45(36)52(48)37-18-8-10-20-40(37)54-41/h1-28H. The molecule has 4 aromatic heterocycles. The SMILES string of the molecule is c1ccc(-c2ccc(-c3nc(-c4ccc5c6c7cccc8c7n(c6n(-c6ccccc6)c5c4)-c4ccccc4S8)nc4c3oc3ccccc34)cc2)cc1. The first-order valence-electron chi connectivity index (χ1n) is 18.1. The lowest BCUT2D eigenvalue weighted by Gasteiger charge is -2.21. The monoisotopic (exact) mass is 708 g/mol. The second kappa shape index (κ2) is 11.3. The minimum Gasteiger partial charge on any atom is -0.452 e. The maximum Gasteiger partial charge on any atom is 0.180 e. The van der Waals surface area contributed by atoms with Gasteiger partial charge in [-0.15, -0.1) is 0 Å². The van der Waals surface area contributed by atoms with E-state index in [1.165, 1.54) is 42.7 Å². The summed E-state index contributed by atoms with van der Waals surface area (Å²) in [6, 6.07) is 59.9. The molecule has 5 heterocycles. The Morgan fingerprint density at radius 2 is 1.19 bits per heavy atom. The lowest BCUT2D eigenvalue weighted by Crippen LogP contribution is -2.05. The van der Waals surface area contributed by atoms with Crippen LogP contribution >= 0.6 is 11.8 Å². The smallest absolute Gasteiger partial charge is 0.180 e. The van der Waals surface area contributed by atoms with Gasteiger partial charge in [-0.2, -0.15) is 0 Å². The molecule has 12 rings (SSSR count). The Morgan fingerprint density at radius 3 is 2.06 bits per heavy atom. The number of benzene rings is 7. The van der Waals surface area contributed by atoms with Crippen molar-refractivity contribution in [3.8, 4) is 45.1 Å². The number of para-hydroxylation sites is 4. The van der Waals surface area contributed by atoms with Gasteiger partial charge in [0, 0.05) is 48.2 Å². The zero-order chi connectivity index (χ0) is 35.3. The molecule has 0 fully saturated rings. The fourth-order valence-electron chi connectivity index (χ4n) is 8.32. The number of hydrogen-bond acceptors (Lipinski definition) is 4. The minimum absolute atomic E-state index is 0.654. The van der Waals surface area contributed by atoms with Crippen molar-refractivity contribution in [2.75, 3.05) is 0 Å². The maximum absolute atomic E-state index is 6.50. The van der Waals surface area contributed by atoms with Crippen LogP contribution in [0.4, 0.5) is 0 Å². The van der Waals surface area contributed by atoms with E-state index in [0.29, 0.717) is 11.4 Å². The first kappa shape index (κ1) is 29.7. The Labute approximate surface area is 313 Å². The van der Waals surface area contributed by atoms with Gasteiger partial charge in [-0.05, 0) is 59.7 Å². The van der Waals surface area contributed by atoms with Crippen molar-refractivity contribution < 1.29 is 4.42 Å². The fourth-order valence-corrected chi connectivity index (χ4v) is 9.41. The van der Waals surface area contributed by atoms with Crippen LogP contribution in [-0.4, -0.2) is 19.1 Å². The normalized spacial score (nSPS) is 12.4. The third-order valence-electron chi connectivity index (χ3n) is 10.7. The summed E-state index contributed by atoms with van der Waals surface area (Å²) in [6.45, 7) is 0. The van der Waals surface area contributed by atoms with Gasteiger partial charge >= 0.3 is 0 Å². The summed E-state index contributed by atoms with van der Waals surface area (Å²) in [5, 5.41) is 4.65. The van der Waals surface area contributed by atoms with Crippen molar-refractivity contribution in [1.29, 1.82) is 0 Å². The molecule has 252 valence electrons. The van der Waals surface area contributed by atoms with Crippen molar-refractivity contribution in [1.82, 2.24) is 19.1 Å². The lowest BCUT2D eigenvalue weighted by atomic mass is 10.0. The Morgan fingerprint density at radius 1 is 0.500 bits per heavy atom. The molecule has 1 aliphatic rings. The molecule has 1 aliphatic heterocycles. The Kier molecular flexibility index (Phi) is 6.21. The predicted molar refractivity (Wildman–Crippen MR) is 221 cm³/mol. The van der Waals surface area contributed by atoms with Gasteiger partial charge < -0.3 is 4.42 Å². The maximum atomic E-state index is 6.50. The molecule has 0 aliphatic carbocycles. The molecular formula is C48H28N4OS. The van der Waals surface area contributed by atoms with Gasteiger partial charge in [0.25, 0.3) is 0 Å². The van der Waals surface area contributed by atoms with E-state index in [2.05, 4.69) is 155 Å². The molecule has 0 atom stereocenters. The summed E-state index contributed by atoms with van der Waals surface area (Å²) in [5.74, 6) is 0.654. The van der Waals surface area contributed by atoms with Gasteiger partial charge in [0.2, 0.25) is 0 Å². The Bertz CT molecular complexity index is 3290. The second-order valence-corrected chi connectivity index (χ2v) is 14.9. The second-order valence-electron chi connectivity index (χ2n) is 13.8. The van der Waals surface area contributed by atoms with Gasteiger partial charge in [0.1, 0.15) is 22.4 Å². The van der Waals surface area contributed by atoms with Crippen LogP contribution in [0.25, 0.3) is 100 Å². The summed E-state index contributed by atoms with van der Waals surface area (Å²) < 4.78 is 11.4. The zero-order valence-electron chi connectivity index (χ0n) is 28.8. The van der Waals surface area contributed by atoms with Gasteiger partial charge in [-0.25, -0.2) is 9.97 Å². The first-order chi connectivity index (χ1) is 26.8. The number of nitrogens with zero attached hydrogens (tertiary/aromatic N) is 4. The molecule has 0 N–H and O–H groups in total. The fraction of sp³-hybridized carbons (Fsp3) is 0. The molecule has 11 aromatic rings. The quantitative estimate of drug-likeness (QED) is 0.183. The van der Waals surface area contributed by atoms with E-state index in [9.17, 15) is 0 Å². The molecule has 0 saturated heterocycles. The molecule has 0 amide bonds. The van der Waals surface area contributed by atoms with Crippen LogP contribution in [0.5, 0.6) is 0 Å². The molecule has 0 unspecified atom stereocenters. The highest BCUT2D eigenvalue weighted by Gasteiger charge is 2.28. The number of rotatable bonds is 4. The lowest BCUT2D eigenvalue weighted by molar-refractivity contribution is 0.667. The van der Waals surface area contributed by atoms with E-state index in [1.807, 2.05) is 36.0 Å². The van der Waals surface area contributed by atoms with Gasteiger partial charge in [-0.1, -0.05) is 133 Å². The van der Waals surface area contributed by atoms with Crippen molar-refractivity contribution in [3.63, 3.8) is 0 Å². The average molecular weight is 709 g/mol. The molecule has 5 nitrogen and oxygen atoms in total. The third-order valence-corrected chi connectivity index (χ3v) is 11.8. The van der Waals surface area contributed by atoms with E-state index in [4.69, 9.17) is 14.4 Å². The molecule has 7 aromatic carbocycles. The van der Waals surface area contributed by atoms with E-state index >= 15 is 0 Å². The molecule has 0 bridgehead atoms. The van der Waals surface area contributed by atoms with Crippen molar-refractivity contribution in [2.45, 2.75) is 9.79 Å². The summed E-state index contributed by atoms with van der Waals surface area (Å²) >= 11 is 1.85. The van der Waals surface area contributed by atoms with Crippen molar-refractivity contribution in [2.24, 2.45) is 0 Å². The summed E-state index contributed by atoms with van der Waals surface area (Å²) in [7, 11) is 0. The topological polar surface area (TPSA) is 48.8 Å². The number of fused-ring (bicyclic) bond motifs is 10. The van der Waals surface area contributed by atoms with E-state index in [1.54, 1.807) is 0 Å². The molecule has 54 heavy (non-hydrogen) atoms. The van der Waals surface area contributed by atoms with Crippen molar-refractivity contribution in [3.05, 3.63) is 170 Å². The van der Waals surface area contributed by atoms with Crippen LogP contribution < -0.4 is 0 Å². The minimum atomic E-state index is 0.654. The van der Waals surface area contributed by atoms with E-state index in [0.717, 1.165) is 55.7 Å². The summed E-state index contributed by atoms with van der Waals surface area (Å²) in [5.41, 5.74) is 13.1. The van der Waals surface area contributed by atoms with E-state index < -0.39 is 0 Å². The average Bonchev–Trinajstić information content (AvgIpc) is 3.90. The highest BCUT2D eigenvalue weighted by Crippen LogP contribution is 2.49. The van der Waals surface area contributed by atoms with Crippen LogP contribution in [0.2, 0.25) is 0 Å². The number of aromatic nitrogens is 4. The van der Waals surface area contributed by atoms with Gasteiger partial charge in [0.05, 0.1) is 16.7 Å². The Hall–Kier alpha value is -6.89. The van der Waals surface area contributed by atoms with Crippen LogP contribution in [-0.2, 0) is 0 Å². The molecule has 0 saturated carbocycles. The van der Waals surface area contributed by atoms with Crippen LogP contribution in [0.1, 0.15) is 0 Å². The zero-order valence-corrected chi connectivity index (χ0v) is 29.6. The van der Waals surface area contributed by atoms with E-state index in [-0.39, 0.29) is 0 Å². The number of furan rings is 1. The highest BCUT2D eigenvalue weighted by molar-refractivity contribution is 7.99. The van der Waals surface area contributed by atoms with Gasteiger partial charge in [-0.3, -0.25) is 9.13 Å². The predicted octanol–water partition coefficient (Wildman–Crippen LogP) is 12.9. The van der Waals surface area contributed by atoms with Crippen LogP contribution in [0, 0.1) is 0 Å². The van der Waals surface area contributed by atoms with Gasteiger partial charge in [0.15, 0.2) is 11.4 Å². The highest BCUT2D eigenvalue weighted by atomic mass is 32.2. The first-order valence-corrected chi connectivity index (χ1v) is 18.9. The summed E-state index contributed by atoms with van der Waals surface area (Å²) in [4.78, 5) is 13.1. The largest absolute Gasteiger partial charge is 0.452 e. The molecule has 0 spiro atoms. The summed E-state index contributed by atoms with van der Waals surface area (Å²) in [6.07, 6.45) is 0. The third kappa shape index (κ3) is 4.23. The van der Waals surface area contributed by atoms with Crippen LogP contribution in [0.15, 0.2) is 184 Å². The molecular weight excluding hydrogens is 681 g/mol. The van der Waals surface area contributed by atoms with Crippen molar-refractivity contribution >= 4 is 66.7 Å².